The summed E-state index contributed by atoms with van der Waals surface area (Å²) in [5.41, 5.74) is 4.79. The van der Waals surface area contributed by atoms with E-state index < -0.39 is 30.2 Å². The van der Waals surface area contributed by atoms with Crippen molar-refractivity contribution in [3.63, 3.8) is 0 Å². The Morgan fingerprint density at radius 1 is 1.39 bits per heavy atom. The summed E-state index contributed by atoms with van der Waals surface area (Å²) in [4.78, 5) is 12.5. The average molecular weight is 266 g/mol. The molecule has 0 spiro atoms. The highest BCUT2D eigenvalue weighted by atomic mass is 19.3. The highest BCUT2D eigenvalue weighted by Gasteiger charge is 2.41. The van der Waals surface area contributed by atoms with Crippen molar-refractivity contribution in [1.29, 1.82) is 0 Å². The van der Waals surface area contributed by atoms with E-state index in [9.17, 15) is 13.6 Å². The second-order valence-electron chi connectivity index (χ2n) is 5.18. The Kier molecular flexibility index (Phi) is 5.99. The van der Waals surface area contributed by atoms with E-state index in [1.165, 1.54) is 0 Å². The molecule has 6 heteroatoms. The third-order valence-electron chi connectivity index (χ3n) is 2.09. The van der Waals surface area contributed by atoms with Crippen LogP contribution in [0.2, 0.25) is 0 Å². The van der Waals surface area contributed by atoms with Gasteiger partial charge in [-0.25, -0.2) is 13.6 Å². The molecule has 1 saturated heterocycles. The highest BCUT2D eigenvalue weighted by molar-refractivity contribution is 5.68. The average Bonchev–Trinajstić information content (AvgIpc) is 2.15. The van der Waals surface area contributed by atoms with Gasteiger partial charge in [0.1, 0.15) is 5.60 Å². The van der Waals surface area contributed by atoms with Crippen LogP contribution in [-0.4, -0.2) is 41.6 Å². The van der Waals surface area contributed by atoms with Crippen molar-refractivity contribution in [2.24, 2.45) is 5.73 Å². The van der Waals surface area contributed by atoms with Gasteiger partial charge in [0.2, 0.25) is 0 Å². The number of hydrogen-bond acceptors (Lipinski definition) is 3. The Morgan fingerprint density at radius 2 is 1.89 bits per heavy atom. The fraction of sp³-hybridized carbons (Fsp3) is 0.917. The van der Waals surface area contributed by atoms with Crippen LogP contribution in [0.25, 0.3) is 0 Å². The van der Waals surface area contributed by atoms with Crippen molar-refractivity contribution < 1.29 is 18.3 Å². The molecule has 1 aliphatic heterocycles. The lowest BCUT2D eigenvalue weighted by atomic mass is 10.0. The van der Waals surface area contributed by atoms with Gasteiger partial charge in [0.25, 0.3) is 5.92 Å². The zero-order chi connectivity index (χ0) is 14.6. The minimum absolute atomic E-state index is 0.116. The molecule has 0 aromatic carbocycles. The van der Waals surface area contributed by atoms with Crippen molar-refractivity contribution in [2.45, 2.75) is 58.6 Å². The lowest BCUT2D eigenvalue weighted by Crippen LogP contribution is -2.55. The molecule has 1 atom stereocenters. The summed E-state index contributed by atoms with van der Waals surface area (Å²) < 4.78 is 31.4. The summed E-state index contributed by atoms with van der Waals surface area (Å²) in [5.74, 6) is -2.92. The molecule has 1 unspecified atom stereocenters. The molecule has 0 aromatic rings. The van der Waals surface area contributed by atoms with Gasteiger partial charge in [-0.3, -0.25) is 0 Å². The maximum Gasteiger partial charge on any atom is 0.410 e. The Labute approximate surface area is 107 Å². The lowest BCUT2D eigenvalue weighted by molar-refractivity contribution is -0.0743. The molecule has 1 heterocycles. The molecule has 108 valence electrons. The maximum atomic E-state index is 13.2. The second-order valence-corrected chi connectivity index (χ2v) is 5.18. The molecule has 0 aromatic heterocycles. The Hall–Kier alpha value is -0.910. The molecule has 0 bridgehead atoms. The van der Waals surface area contributed by atoms with E-state index in [0.717, 1.165) is 4.90 Å². The molecule has 0 aliphatic carbocycles. The van der Waals surface area contributed by atoms with Crippen LogP contribution in [0, 0.1) is 0 Å². The van der Waals surface area contributed by atoms with Gasteiger partial charge >= 0.3 is 6.09 Å². The van der Waals surface area contributed by atoms with Crippen molar-refractivity contribution >= 4 is 6.09 Å². The molecule has 1 rings (SSSR count). The third kappa shape index (κ3) is 6.14. The van der Waals surface area contributed by atoms with E-state index in [4.69, 9.17) is 10.5 Å². The maximum absolute atomic E-state index is 13.2. The van der Waals surface area contributed by atoms with Crippen molar-refractivity contribution in [3.8, 4) is 0 Å². The topological polar surface area (TPSA) is 55.6 Å². The van der Waals surface area contributed by atoms with Crippen LogP contribution in [0.15, 0.2) is 0 Å². The van der Waals surface area contributed by atoms with E-state index in [0.29, 0.717) is 0 Å². The van der Waals surface area contributed by atoms with Crippen molar-refractivity contribution in [1.82, 2.24) is 4.90 Å². The van der Waals surface area contributed by atoms with Crippen molar-refractivity contribution in [2.75, 3.05) is 13.1 Å². The van der Waals surface area contributed by atoms with E-state index >= 15 is 0 Å². The van der Waals surface area contributed by atoms with Crippen LogP contribution in [-0.2, 0) is 4.74 Å². The Morgan fingerprint density at radius 3 is 2.28 bits per heavy atom. The molecule has 4 nitrogen and oxygen atoms in total. The monoisotopic (exact) mass is 266 g/mol. The minimum Gasteiger partial charge on any atom is -0.444 e. The van der Waals surface area contributed by atoms with Gasteiger partial charge in [0.05, 0.1) is 6.54 Å². The lowest BCUT2D eigenvalue weighted by Gasteiger charge is -2.36. The summed E-state index contributed by atoms with van der Waals surface area (Å²) in [7, 11) is 0. The van der Waals surface area contributed by atoms with Gasteiger partial charge in [-0.1, -0.05) is 13.8 Å². The number of nitrogens with two attached hydrogens (primary N) is 1. The number of halogens is 2. The van der Waals surface area contributed by atoms with Gasteiger partial charge in [-0.05, 0) is 20.8 Å². The number of rotatable bonds is 0. The molecule has 1 amide bonds. The molecule has 1 fully saturated rings. The predicted octanol–water partition coefficient (Wildman–Crippen LogP) is 2.62. The fourth-order valence-electron chi connectivity index (χ4n) is 1.61. The number of carbonyl (C=O) groups excluding carboxylic acids is 1. The minimum atomic E-state index is -2.92. The first-order chi connectivity index (χ1) is 8.09. The normalized spacial score (nSPS) is 22.9. The quantitative estimate of drug-likeness (QED) is 0.733. The number of alkyl halides is 2. The standard InChI is InChI=1S/C10H18F2N2O2.C2H6/c1-9(2,3)16-8(15)14-5-7(13)4-10(11,12)6-14;1-2/h7H,4-6,13H2,1-3H3;1-2H3. The summed E-state index contributed by atoms with van der Waals surface area (Å²) in [5, 5.41) is 0. The van der Waals surface area contributed by atoms with Crippen LogP contribution < -0.4 is 5.73 Å². The molecule has 0 radical (unpaired) electrons. The van der Waals surface area contributed by atoms with Gasteiger partial charge in [-0.15, -0.1) is 0 Å². The molecular formula is C12H24F2N2O2. The SMILES string of the molecule is CC.CC(C)(C)OC(=O)N1CC(N)CC(F)(F)C1. The van der Waals surface area contributed by atoms with E-state index in [-0.39, 0.29) is 13.0 Å². The molecule has 18 heavy (non-hydrogen) atoms. The molecule has 1 aliphatic rings. The Bertz CT molecular complexity index is 278. The second kappa shape index (κ2) is 6.31. The summed E-state index contributed by atoms with van der Waals surface area (Å²) in [6.45, 7) is 8.56. The van der Waals surface area contributed by atoms with Crippen molar-refractivity contribution in [3.05, 3.63) is 0 Å². The number of ether oxygens (including phenoxy) is 1. The van der Waals surface area contributed by atoms with Gasteiger partial charge in [0.15, 0.2) is 0 Å². The summed E-state index contributed by atoms with van der Waals surface area (Å²) in [6, 6.07) is -0.698. The number of nitrogens with zero attached hydrogens (tertiary/aromatic N) is 1. The highest BCUT2D eigenvalue weighted by Crippen LogP contribution is 2.27. The fourth-order valence-corrected chi connectivity index (χ4v) is 1.61. The largest absolute Gasteiger partial charge is 0.444 e. The van der Waals surface area contributed by atoms with E-state index in [2.05, 4.69) is 0 Å². The first kappa shape index (κ1) is 17.1. The number of amides is 1. The van der Waals surface area contributed by atoms with E-state index in [1.807, 2.05) is 13.8 Å². The number of piperidine rings is 1. The van der Waals surface area contributed by atoms with Crippen LogP contribution in [0.5, 0.6) is 0 Å². The van der Waals surface area contributed by atoms with Gasteiger partial charge in [-0.2, -0.15) is 0 Å². The van der Waals surface area contributed by atoms with Gasteiger partial charge in [0, 0.05) is 19.0 Å². The number of likely N-dealkylation sites (tertiary alicyclic amines) is 1. The number of hydrogen-bond donors (Lipinski definition) is 1. The number of carbonyl (C=O) groups is 1. The molecule has 0 saturated carbocycles. The Balaban J connectivity index is 0.00000137. The zero-order valence-corrected chi connectivity index (χ0v) is 11.8. The van der Waals surface area contributed by atoms with Gasteiger partial charge < -0.3 is 15.4 Å². The smallest absolute Gasteiger partial charge is 0.410 e. The molecule has 2 N–H and O–H groups in total. The van der Waals surface area contributed by atoms with Crippen LogP contribution >= 0.6 is 0 Å². The third-order valence-corrected chi connectivity index (χ3v) is 2.09. The molecular weight excluding hydrogens is 242 g/mol. The summed E-state index contributed by atoms with van der Waals surface area (Å²) >= 11 is 0. The first-order valence-electron chi connectivity index (χ1n) is 6.20. The zero-order valence-electron chi connectivity index (χ0n) is 11.8. The summed E-state index contributed by atoms with van der Waals surface area (Å²) in [6.07, 6.45) is -1.12. The van der Waals surface area contributed by atoms with Crippen LogP contribution in [0.3, 0.4) is 0 Å². The predicted molar refractivity (Wildman–Crippen MR) is 66.7 cm³/mol. The van der Waals surface area contributed by atoms with E-state index in [1.54, 1.807) is 20.8 Å². The van der Waals surface area contributed by atoms with Crippen LogP contribution in [0.1, 0.15) is 41.0 Å². The van der Waals surface area contributed by atoms with Crippen LogP contribution in [0.4, 0.5) is 13.6 Å². The first-order valence-corrected chi connectivity index (χ1v) is 6.20.